The molecular weight excluding hydrogens is 330 g/mol. The Balaban J connectivity index is 1.49. The Morgan fingerprint density at radius 2 is 2.29 bits per heavy atom. The van der Waals surface area contributed by atoms with E-state index >= 15 is 0 Å². The molecule has 3 fully saturated rings. The third kappa shape index (κ3) is 2.08. The highest BCUT2D eigenvalue weighted by Gasteiger charge is 2.54. The second-order valence-corrected chi connectivity index (χ2v) is 7.95. The summed E-state index contributed by atoms with van der Waals surface area (Å²) in [6.45, 7) is 5.66. The number of rotatable bonds is 3. The smallest absolute Gasteiger partial charge is 0.164 e. The number of fused-ring (bicyclic) bond motifs is 3. The average Bonchev–Trinajstić information content (AvgIpc) is 2.91. The van der Waals surface area contributed by atoms with Gasteiger partial charge in [-0.2, -0.15) is 0 Å². The van der Waals surface area contributed by atoms with Gasteiger partial charge in [0.15, 0.2) is 5.65 Å². The van der Waals surface area contributed by atoms with Crippen LogP contribution in [-0.4, -0.2) is 21.2 Å². The molecular formula is C16H20BrN3O. The first kappa shape index (κ1) is 13.6. The predicted octanol–water partition coefficient (Wildman–Crippen LogP) is 3.94. The van der Waals surface area contributed by atoms with Gasteiger partial charge in [-0.15, -0.1) is 10.2 Å². The van der Waals surface area contributed by atoms with Crippen molar-refractivity contribution in [3.63, 3.8) is 0 Å². The van der Waals surface area contributed by atoms with Crippen LogP contribution >= 0.6 is 15.9 Å². The SMILES string of the molecule is CC1(C)[C@H]2CC[C@H](COc3cc4nncn4cc3Br)[C@@H]1C2. The number of halogens is 1. The molecule has 21 heavy (non-hydrogen) atoms. The molecule has 3 aliphatic rings. The molecule has 0 aromatic carbocycles. The van der Waals surface area contributed by atoms with Gasteiger partial charge in [0.2, 0.25) is 0 Å². The fraction of sp³-hybridized carbons (Fsp3) is 0.625. The van der Waals surface area contributed by atoms with E-state index in [1.165, 1.54) is 19.3 Å². The van der Waals surface area contributed by atoms with Crippen molar-refractivity contribution in [1.29, 1.82) is 0 Å². The van der Waals surface area contributed by atoms with E-state index in [0.717, 1.165) is 34.3 Å². The van der Waals surface area contributed by atoms with Crippen molar-refractivity contribution in [1.82, 2.24) is 14.6 Å². The van der Waals surface area contributed by atoms with E-state index in [-0.39, 0.29) is 0 Å². The molecule has 4 nitrogen and oxygen atoms in total. The topological polar surface area (TPSA) is 39.4 Å². The molecule has 5 rings (SSSR count). The Morgan fingerprint density at radius 1 is 1.43 bits per heavy atom. The highest BCUT2D eigenvalue weighted by molar-refractivity contribution is 9.10. The molecule has 2 heterocycles. The van der Waals surface area contributed by atoms with Crippen LogP contribution in [0.1, 0.15) is 33.1 Å². The summed E-state index contributed by atoms with van der Waals surface area (Å²) in [5, 5.41) is 7.98. The Labute approximate surface area is 133 Å². The first-order valence-electron chi connectivity index (χ1n) is 7.67. The third-order valence-electron chi connectivity index (χ3n) is 5.80. The average molecular weight is 350 g/mol. The van der Waals surface area contributed by atoms with Crippen LogP contribution in [0, 0.1) is 23.2 Å². The largest absolute Gasteiger partial charge is 0.492 e. The fourth-order valence-corrected chi connectivity index (χ4v) is 4.75. The lowest BCUT2D eigenvalue weighted by Gasteiger charge is -2.60. The van der Waals surface area contributed by atoms with Gasteiger partial charge in [-0.05, 0) is 58.4 Å². The van der Waals surface area contributed by atoms with Crippen molar-refractivity contribution in [3.8, 4) is 5.75 Å². The molecule has 0 N–H and O–H groups in total. The van der Waals surface area contributed by atoms with E-state index in [4.69, 9.17) is 4.74 Å². The summed E-state index contributed by atoms with van der Waals surface area (Å²) in [7, 11) is 0. The lowest BCUT2D eigenvalue weighted by Crippen LogP contribution is -2.53. The van der Waals surface area contributed by atoms with E-state index in [0.29, 0.717) is 11.3 Å². The first-order valence-corrected chi connectivity index (χ1v) is 8.46. The van der Waals surface area contributed by atoms with Crippen LogP contribution in [0.4, 0.5) is 0 Å². The lowest BCUT2D eigenvalue weighted by molar-refractivity contribution is -0.114. The molecule has 112 valence electrons. The maximum Gasteiger partial charge on any atom is 0.164 e. The summed E-state index contributed by atoms with van der Waals surface area (Å²) >= 11 is 3.57. The Hall–Kier alpha value is -1.10. The first-order chi connectivity index (χ1) is 10.1. The Morgan fingerprint density at radius 3 is 3.05 bits per heavy atom. The van der Waals surface area contributed by atoms with Crippen LogP contribution in [0.3, 0.4) is 0 Å². The number of hydrogen-bond acceptors (Lipinski definition) is 3. The standard InChI is InChI=1S/C16H20BrN3O/c1-16(2)11-4-3-10(12(16)5-11)8-21-14-6-15-19-18-9-20(15)7-13(14)17/h6-7,9-12H,3-5,8H2,1-2H3/t10-,11+,12+/m1/s1. The van der Waals surface area contributed by atoms with Gasteiger partial charge in [0, 0.05) is 12.3 Å². The van der Waals surface area contributed by atoms with E-state index < -0.39 is 0 Å². The van der Waals surface area contributed by atoms with Gasteiger partial charge < -0.3 is 4.74 Å². The Kier molecular flexibility index (Phi) is 3.03. The molecule has 2 bridgehead atoms. The second kappa shape index (κ2) is 4.70. The molecule has 3 aliphatic carbocycles. The highest BCUT2D eigenvalue weighted by Crippen LogP contribution is 2.61. The molecule has 3 atom stereocenters. The van der Waals surface area contributed by atoms with Crippen LogP contribution in [0.5, 0.6) is 5.75 Å². The number of ether oxygens (including phenoxy) is 1. The molecule has 5 heteroatoms. The molecule has 0 unspecified atom stereocenters. The summed E-state index contributed by atoms with van der Waals surface area (Å²) in [5.74, 6) is 3.32. The molecule has 0 saturated heterocycles. The summed E-state index contributed by atoms with van der Waals surface area (Å²) in [5.41, 5.74) is 1.33. The number of aromatic nitrogens is 3. The molecule has 3 saturated carbocycles. The lowest BCUT2D eigenvalue weighted by atomic mass is 9.46. The minimum Gasteiger partial charge on any atom is -0.492 e. The summed E-state index contributed by atoms with van der Waals surface area (Å²) in [4.78, 5) is 0. The van der Waals surface area contributed by atoms with E-state index in [9.17, 15) is 0 Å². The molecule has 2 aromatic heterocycles. The normalized spacial score (nSPS) is 30.1. The van der Waals surface area contributed by atoms with Gasteiger partial charge in [0.1, 0.15) is 12.1 Å². The van der Waals surface area contributed by atoms with Gasteiger partial charge in [0.25, 0.3) is 0 Å². The monoisotopic (exact) mass is 349 g/mol. The zero-order chi connectivity index (χ0) is 14.6. The van der Waals surface area contributed by atoms with Crippen LogP contribution in [0.15, 0.2) is 23.1 Å². The van der Waals surface area contributed by atoms with Gasteiger partial charge in [-0.25, -0.2) is 0 Å². The van der Waals surface area contributed by atoms with E-state index in [1.807, 2.05) is 16.7 Å². The zero-order valence-electron chi connectivity index (χ0n) is 12.4. The summed E-state index contributed by atoms with van der Waals surface area (Å²) < 4.78 is 8.96. The minimum absolute atomic E-state index is 0.514. The molecule has 2 aromatic rings. The van der Waals surface area contributed by atoms with Gasteiger partial charge in [-0.1, -0.05) is 13.8 Å². The van der Waals surface area contributed by atoms with Crippen molar-refractivity contribution in [2.24, 2.45) is 23.2 Å². The third-order valence-corrected chi connectivity index (χ3v) is 6.40. The van der Waals surface area contributed by atoms with Crippen molar-refractivity contribution >= 4 is 21.6 Å². The van der Waals surface area contributed by atoms with Crippen LogP contribution in [-0.2, 0) is 0 Å². The van der Waals surface area contributed by atoms with Gasteiger partial charge >= 0.3 is 0 Å². The summed E-state index contributed by atoms with van der Waals surface area (Å²) in [6, 6.07) is 1.95. The highest BCUT2D eigenvalue weighted by atomic mass is 79.9. The quantitative estimate of drug-likeness (QED) is 0.842. The van der Waals surface area contributed by atoms with Crippen molar-refractivity contribution in [2.45, 2.75) is 33.1 Å². The van der Waals surface area contributed by atoms with Crippen molar-refractivity contribution in [3.05, 3.63) is 23.1 Å². The molecule has 0 radical (unpaired) electrons. The van der Waals surface area contributed by atoms with Crippen LogP contribution in [0.2, 0.25) is 0 Å². The van der Waals surface area contributed by atoms with Crippen LogP contribution < -0.4 is 4.74 Å². The maximum atomic E-state index is 6.11. The van der Waals surface area contributed by atoms with Crippen molar-refractivity contribution in [2.75, 3.05) is 6.61 Å². The van der Waals surface area contributed by atoms with Crippen molar-refractivity contribution < 1.29 is 4.74 Å². The Bertz CT molecular complexity index is 679. The molecule has 0 spiro atoms. The fourth-order valence-electron chi connectivity index (χ4n) is 4.30. The number of hydrogen-bond donors (Lipinski definition) is 0. The van der Waals surface area contributed by atoms with E-state index in [1.54, 1.807) is 6.33 Å². The zero-order valence-corrected chi connectivity index (χ0v) is 14.0. The van der Waals surface area contributed by atoms with Crippen LogP contribution in [0.25, 0.3) is 5.65 Å². The van der Waals surface area contributed by atoms with E-state index in [2.05, 4.69) is 40.0 Å². The minimum atomic E-state index is 0.514. The molecule has 0 aliphatic heterocycles. The summed E-state index contributed by atoms with van der Waals surface area (Å²) in [6.07, 6.45) is 7.72. The molecule has 0 amide bonds. The maximum absolute atomic E-state index is 6.11. The predicted molar refractivity (Wildman–Crippen MR) is 84.3 cm³/mol. The number of pyridine rings is 1. The van der Waals surface area contributed by atoms with Gasteiger partial charge in [0.05, 0.1) is 11.1 Å². The number of nitrogens with zero attached hydrogens (tertiary/aromatic N) is 3. The second-order valence-electron chi connectivity index (χ2n) is 7.09. The van der Waals surface area contributed by atoms with Gasteiger partial charge in [-0.3, -0.25) is 4.40 Å².